The molecule has 2 heteroatoms. The molecule has 0 saturated heterocycles. The molecule has 0 bridgehead atoms. The van der Waals surface area contributed by atoms with E-state index in [2.05, 4.69) is 18.8 Å². The lowest BCUT2D eigenvalue weighted by molar-refractivity contribution is 0.736. The van der Waals surface area contributed by atoms with E-state index in [0.717, 1.165) is 6.42 Å². The van der Waals surface area contributed by atoms with Gasteiger partial charge in [0.15, 0.2) is 0 Å². The maximum absolute atomic E-state index is 5.69. The number of aryl methyl sites for hydroxylation is 1. The van der Waals surface area contributed by atoms with Gasteiger partial charge < -0.3 is 10.7 Å². The van der Waals surface area contributed by atoms with Crippen molar-refractivity contribution in [3.8, 4) is 0 Å². The highest BCUT2D eigenvalue weighted by Gasteiger charge is 2.04. The lowest BCUT2D eigenvalue weighted by Crippen LogP contribution is -2.17. The van der Waals surface area contributed by atoms with Gasteiger partial charge in [0.05, 0.1) is 0 Å². The molecule has 0 aromatic carbocycles. The number of aromatic amines is 1. The fourth-order valence-corrected chi connectivity index (χ4v) is 1.21. The summed E-state index contributed by atoms with van der Waals surface area (Å²) in [6.07, 6.45) is 3.02. The first-order valence-electron chi connectivity index (χ1n) is 4.00. The first kappa shape index (κ1) is 8.34. The smallest absolute Gasteiger partial charge is 0.0148 e. The second kappa shape index (κ2) is 3.09. The third-order valence-corrected chi connectivity index (χ3v) is 2.05. The van der Waals surface area contributed by atoms with Crippen molar-refractivity contribution in [2.75, 3.05) is 0 Å². The molecule has 1 aromatic heterocycles. The normalized spacial score (nSPS) is 13.5. The highest BCUT2D eigenvalue weighted by molar-refractivity contribution is 5.29. The van der Waals surface area contributed by atoms with Gasteiger partial charge in [0.1, 0.15) is 0 Å². The van der Waals surface area contributed by atoms with Crippen LogP contribution in [0.5, 0.6) is 0 Å². The maximum atomic E-state index is 5.69. The zero-order valence-corrected chi connectivity index (χ0v) is 7.44. The first-order valence-corrected chi connectivity index (χ1v) is 4.00. The van der Waals surface area contributed by atoms with Gasteiger partial charge >= 0.3 is 0 Å². The largest absolute Gasteiger partial charge is 0.365 e. The van der Waals surface area contributed by atoms with Crippen LogP contribution in [0.1, 0.15) is 23.7 Å². The van der Waals surface area contributed by atoms with Crippen LogP contribution >= 0.6 is 0 Å². The summed E-state index contributed by atoms with van der Waals surface area (Å²) in [4.78, 5) is 3.19. The number of nitrogens with two attached hydrogens (primary N) is 1. The predicted molar refractivity (Wildman–Crippen MR) is 47.6 cm³/mol. The summed E-state index contributed by atoms with van der Waals surface area (Å²) in [6, 6.07) is 0.254. The highest BCUT2D eigenvalue weighted by atomic mass is 14.7. The summed E-state index contributed by atoms with van der Waals surface area (Å²) < 4.78 is 0. The van der Waals surface area contributed by atoms with Crippen molar-refractivity contribution in [1.29, 1.82) is 0 Å². The molecule has 1 unspecified atom stereocenters. The third-order valence-electron chi connectivity index (χ3n) is 2.05. The molecule has 62 valence electrons. The summed E-state index contributed by atoms with van der Waals surface area (Å²) in [6.45, 7) is 6.24. The zero-order valence-electron chi connectivity index (χ0n) is 7.44. The highest BCUT2D eigenvalue weighted by Crippen LogP contribution is 2.12. The van der Waals surface area contributed by atoms with Crippen molar-refractivity contribution >= 4 is 0 Å². The van der Waals surface area contributed by atoms with E-state index in [-0.39, 0.29) is 6.04 Å². The third kappa shape index (κ3) is 1.84. The van der Waals surface area contributed by atoms with Crippen LogP contribution in [0, 0.1) is 13.8 Å². The van der Waals surface area contributed by atoms with Crippen LogP contribution in [-0.4, -0.2) is 11.0 Å². The molecule has 0 fully saturated rings. The molecule has 0 amide bonds. The molecular formula is C9H16N2. The van der Waals surface area contributed by atoms with Gasteiger partial charge in [0.25, 0.3) is 0 Å². The van der Waals surface area contributed by atoms with Crippen LogP contribution in [0.25, 0.3) is 0 Å². The Morgan fingerprint density at radius 1 is 1.55 bits per heavy atom. The van der Waals surface area contributed by atoms with Crippen LogP contribution in [-0.2, 0) is 6.42 Å². The lowest BCUT2D eigenvalue weighted by Gasteiger charge is -2.03. The van der Waals surface area contributed by atoms with E-state index < -0.39 is 0 Å². The molecule has 1 atom stereocenters. The van der Waals surface area contributed by atoms with E-state index >= 15 is 0 Å². The molecule has 0 aliphatic heterocycles. The van der Waals surface area contributed by atoms with Crippen LogP contribution in [0.4, 0.5) is 0 Å². The van der Waals surface area contributed by atoms with Crippen LogP contribution in [0.15, 0.2) is 6.20 Å². The van der Waals surface area contributed by atoms with Gasteiger partial charge in [-0.1, -0.05) is 0 Å². The topological polar surface area (TPSA) is 41.8 Å². The SMILES string of the molecule is Cc1[nH]cc(CC(C)N)c1C. The number of hydrogen-bond acceptors (Lipinski definition) is 1. The molecule has 11 heavy (non-hydrogen) atoms. The van der Waals surface area contributed by atoms with Gasteiger partial charge in [-0.25, -0.2) is 0 Å². The van der Waals surface area contributed by atoms with Gasteiger partial charge in [-0.05, 0) is 38.3 Å². The van der Waals surface area contributed by atoms with Gasteiger partial charge in [-0.15, -0.1) is 0 Å². The minimum Gasteiger partial charge on any atom is -0.365 e. The molecule has 0 spiro atoms. The fraction of sp³-hybridized carbons (Fsp3) is 0.556. The minimum absolute atomic E-state index is 0.254. The molecule has 0 saturated carbocycles. The van der Waals surface area contributed by atoms with E-state index in [9.17, 15) is 0 Å². The van der Waals surface area contributed by atoms with Gasteiger partial charge in [0, 0.05) is 17.9 Å². The average Bonchev–Trinajstić information content (AvgIpc) is 2.18. The monoisotopic (exact) mass is 152 g/mol. The molecular weight excluding hydrogens is 136 g/mol. The first-order chi connectivity index (χ1) is 5.11. The maximum Gasteiger partial charge on any atom is 0.0148 e. The summed E-state index contributed by atoms with van der Waals surface area (Å²) in [5, 5.41) is 0. The van der Waals surface area contributed by atoms with E-state index in [1.165, 1.54) is 16.8 Å². The molecule has 0 aliphatic rings. The zero-order chi connectivity index (χ0) is 8.43. The summed E-state index contributed by atoms with van der Waals surface area (Å²) >= 11 is 0. The number of aromatic nitrogens is 1. The number of H-pyrrole nitrogens is 1. The molecule has 1 aromatic rings. The Morgan fingerprint density at radius 3 is 2.55 bits per heavy atom. The van der Waals surface area contributed by atoms with Gasteiger partial charge in [0.2, 0.25) is 0 Å². The van der Waals surface area contributed by atoms with Crippen molar-refractivity contribution in [3.63, 3.8) is 0 Å². The molecule has 0 radical (unpaired) electrons. The second-order valence-electron chi connectivity index (χ2n) is 3.25. The average molecular weight is 152 g/mol. The Balaban J connectivity index is 2.79. The van der Waals surface area contributed by atoms with Crippen LogP contribution < -0.4 is 5.73 Å². The fourth-order valence-electron chi connectivity index (χ4n) is 1.21. The molecule has 0 aliphatic carbocycles. The Hall–Kier alpha value is -0.760. The van der Waals surface area contributed by atoms with Crippen LogP contribution in [0.3, 0.4) is 0 Å². The molecule has 1 heterocycles. The van der Waals surface area contributed by atoms with Crippen molar-refractivity contribution in [2.45, 2.75) is 33.2 Å². The van der Waals surface area contributed by atoms with Crippen molar-refractivity contribution in [3.05, 3.63) is 23.0 Å². The van der Waals surface area contributed by atoms with Crippen molar-refractivity contribution in [1.82, 2.24) is 4.98 Å². The van der Waals surface area contributed by atoms with E-state index in [4.69, 9.17) is 5.73 Å². The Kier molecular flexibility index (Phi) is 2.35. The Labute approximate surface area is 67.8 Å². The standard InChI is InChI=1S/C9H16N2/c1-6(10)4-9-5-11-8(3)7(9)2/h5-6,11H,4,10H2,1-3H3. The predicted octanol–water partition coefficient (Wildman–Crippen LogP) is 1.52. The van der Waals surface area contributed by atoms with Crippen molar-refractivity contribution < 1.29 is 0 Å². The number of nitrogens with one attached hydrogen (secondary N) is 1. The number of hydrogen-bond donors (Lipinski definition) is 2. The van der Waals surface area contributed by atoms with Gasteiger partial charge in [-0.2, -0.15) is 0 Å². The van der Waals surface area contributed by atoms with Crippen LogP contribution in [0.2, 0.25) is 0 Å². The summed E-state index contributed by atoms with van der Waals surface area (Å²) in [5.74, 6) is 0. The van der Waals surface area contributed by atoms with Gasteiger partial charge in [-0.3, -0.25) is 0 Å². The summed E-state index contributed by atoms with van der Waals surface area (Å²) in [5.41, 5.74) is 9.63. The lowest BCUT2D eigenvalue weighted by atomic mass is 10.1. The molecule has 3 N–H and O–H groups in total. The molecule has 1 rings (SSSR count). The minimum atomic E-state index is 0.254. The quantitative estimate of drug-likeness (QED) is 0.663. The van der Waals surface area contributed by atoms with E-state index in [1.807, 2.05) is 13.1 Å². The second-order valence-corrected chi connectivity index (χ2v) is 3.25. The van der Waals surface area contributed by atoms with Crippen molar-refractivity contribution in [2.24, 2.45) is 5.73 Å². The Bertz CT molecular complexity index is 236. The Morgan fingerprint density at radius 2 is 2.18 bits per heavy atom. The molecule has 2 nitrogen and oxygen atoms in total. The summed E-state index contributed by atoms with van der Waals surface area (Å²) in [7, 11) is 0. The number of rotatable bonds is 2. The van der Waals surface area contributed by atoms with E-state index in [1.54, 1.807) is 0 Å². The van der Waals surface area contributed by atoms with E-state index in [0.29, 0.717) is 0 Å².